The van der Waals surface area contributed by atoms with E-state index >= 15 is 0 Å². The van der Waals surface area contributed by atoms with Gasteiger partial charge in [0.05, 0.1) is 23.2 Å². The van der Waals surface area contributed by atoms with Crippen LogP contribution in [0.4, 0.5) is 11.5 Å². The van der Waals surface area contributed by atoms with E-state index in [1.165, 1.54) is 12.3 Å². The number of nitrogens with zero attached hydrogens (tertiary/aromatic N) is 2. The Labute approximate surface area is 110 Å². The molecule has 0 unspecified atom stereocenters. The largest absolute Gasteiger partial charge is 0.379 e. The minimum atomic E-state index is -0.528. The molecule has 0 bridgehead atoms. The third-order valence-electron chi connectivity index (χ3n) is 2.04. The molecule has 98 valence electrons. The Bertz CT molecular complexity index is 426. The van der Waals surface area contributed by atoms with Crippen LogP contribution in [-0.2, 0) is 4.74 Å². The van der Waals surface area contributed by atoms with Gasteiger partial charge in [0.15, 0.2) is 0 Å². The standard InChI is InChI=1S/C11H14ClN3O3/c1-2-3-5-18-6-4-13-11-10(15(16)17)7-9(12)8-14-11/h2,7-8H,1,3-6H2,(H,13,14). The van der Waals surface area contributed by atoms with Crippen molar-refractivity contribution in [3.05, 3.63) is 40.1 Å². The van der Waals surface area contributed by atoms with Gasteiger partial charge in [-0.2, -0.15) is 0 Å². The molecule has 0 atom stereocenters. The molecule has 1 heterocycles. The number of hydrogen-bond acceptors (Lipinski definition) is 5. The van der Waals surface area contributed by atoms with Crippen molar-refractivity contribution in [3.63, 3.8) is 0 Å². The summed E-state index contributed by atoms with van der Waals surface area (Å²) in [6, 6.07) is 1.26. The summed E-state index contributed by atoms with van der Waals surface area (Å²) in [5.74, 6) is 0.191. The summed E-state index contributed by atoms with van der Waals surface area (Å²) in [7, 11) is 0. The van der Waals surface area contributed by atoms with Gasteiger partial charge in [-0.3, -0.25) is 10.1 Å². The van der Waals surface area contributed by atoms with E-state index in [2.05, 4.69) is 16.9 Å². The topological polar surface area (TPSA) is 77.3 Å². The van der Waals surface area contributed by atoms with Crippen molar-refractivity contribution in [1.82, 2.24) is 4.98 Å². The van der Waals surface area contributed by atoms with Crippen molar-refractivity contribution in [2.75, 3.05) is 25.1 Å². The molecule has 0 fully saturated rings. The first kappa shape index (κ1) is 14.4. The van der Waals surface area contributed by atoms with Crippen LogP contribution in [0, 0.1) is 10.1 Å². The fourth-order valence-electron chi connectivity index (χ4n) is 1.21. The molecular weight excluding hydrogens is 258 g/mol. The summed E-state index contributed by atoms with van der Waals surface area (Å²) in [6.07, 6.45) is 3.90. The molecule has 7 heteroatoms. The summed E-state index contributed by atoms with van der Waals surface area (Å²) in [6.45, 7) is 5.03. The fraction of sp³-hybridized carbons (Fsp3) is 0.364. The van der Waals surface area contributed by atoms with Crippen LogP contribution >= 0.6 is 11.6 Å². The molecule has 0 aliphatic carbocycles. The maximum Gasteiger partial charge on any atom is 0.312 e. The summed E-state index contributed by atoms with van der Waals surface area (Å²) >= 11 is 5.65. The Hall–Kier alpha value is -1.66. The van der Waals surface area contributed by atoms with Crippen molar-refractivity contribution < 1.29 is 9.66 Å². The molecular formula is C11H14ClN3O3. The third kappa shape index (κ3) is 4.68. The molecule has 0 aliphatic heterocycles. The summed E-state index contributed by atoms with van der Waals surface area (Å²) in [4.78, 5) is 14.1. The number of halogens is 1. The van der Waals surface area contributed by atoms with E-state index in [0.29, 0.717) is 19.8 Å². The van der Waals surface area contributed by atoms with Crippen molar-refractivity contribution in [1.29, 1.82) is 0 Å². The maximum atomic E-state index is 10.8. The van der Waals surface area contributed by atoms with Crippen LogP contribution in [0.1, 0.15) is 6.42 Å². The quantitative estimate of drug-likeness (QED) is 0.340. The first-order valence-electron chi connectivity index (χ1n) is 5.37. The van der Waals surface area contributed by atoms with Crippen molar-refractivity contribution in [3.8, 4) is 0 Å². The zero-order valence-corrected chi connectivity index (χ0v) is 10.5. The lowest BCUT2D eigenvalue weighted by Crippen LogP contribution is -2.12. The van der Waals surface area contributed by atoms with E-state index < -0.39 is 4.92 Å². The minimum Gasteiger partial charge on any atom is -0.379 e. The smallest absolute Gasteiger partial charge is 0.312 e. The lowest BCUT2D eigenvalue weighted by Gasteiger charge is -2.06. The van der Waals surface area contributed by atoms with Crippen molar-refractivity contribution in [2.45, 2.75) is 6.42 Å². The van der Waals surface area contributed by atoms with Crippen LogP contribution in [-0.4, -0.2) is 29.7 Å². The molecule has 6 nitrogen and oxygen atoms in total. The van der Waals surface area contributed by atoms with Gasteiger partial charge < -0.3 is 10.1 Å². The van der Waals surface area contributed by atoms with E-state index in [9.17, 15) is 10.1 Å². The third-order valence-corrected chi connectivity index (χ3v) is 2.24. The second kappa shape index (κ2) is 7.62. The average molecular weight is 272 g/mol. The van der Waals surface area contributed by atoms with E-state index in [-0.39, 0.29) is 16.5 Å². The fourth-order valence-corrected chi connectivity index (χ4v) is 1.37. The molecule has 1 rings (SSSR count). The minimum absolute atomic E-state index is 0.145. The molecule has 0 spiro atoms. The maximum absolute atomic E-state index is 10.8. The second-order valence-corrected chi connectivity index (χ2v) is 3.83. The van der Waals surface area contributed by atoms with Gasteiger partial charge in [0, 0.05) is 18.8 Å². The highest BCUT2D eigenvalue weighted by molar-refractivity contribution is 6.30. The van der Waals surface area contributed by atoms with Gasteiger partial charge in [0.1, 0.15) is 0 Å². The lowest BCUT2D eigenvalue weighted by atomic mass is 10.4. The van der Waals surface area contributed by atoms with Gasteiger partial charge in [-0.05, 0) is 6.42 Å². The first-order valence-corrected chi connectivity index (χ1v) is 5.75. The Kier molecular flexibility index (Phi) is 6.10. The molecule has 1 N–H and O–H groups in total. The first-order chi connectivity index (χ1) is 8.65. The Balaban J connectivity index is 2.46. The zero-order valence-electron chi connectivity index (χ0n) is 9.76. The number of nitro groups is 1. The number of rotatable bonds is 8. The molecule has 1 aromatic heterocycles. The molecule has 0 amide bonds. The Morgan fingerprint density at radius 2 is 2.39 bits per heavy atom. The van der Waals surface area contributed by atoms with Crippen LogP contribution in [0.5, 0.6) is 0 Å². The molecule has 0 saturated heterocycles. The number of hydrogen-bond donors (Lipinski definition) is 1. The number of ether oxygens (including phenoxy) is 1. The molecule has 0 radical (unpaired) electrons. The summed E-state index contributed by atoms with van der Waals surface area (Å²) < 4.78 is 5.26. The summed E-state index contributed by atoms with van der Waals surface area (Å²) in [5.41, 5.74) is -0.145. The molecule has 0 aliphatic rings. The highest BCUT2D eigenvalue weighted by Crippen LogP contribution is 2.24. The van der Waals surface area contributed by atoms with E-state index in [4.69, 9.17) is 16.3 Å². The van der Waals surface area contributed by atoms with Gasteiger partial charge in [-0.15, -0.1) is 6.58 Å². The van der Waals surface area contributed by atoms with Crippen LogP contribution in [0.2, 0.25) is 5.02 Å². The molecule has 1 aromatic rings. The predicted molar refractivity (Wildman–Crippen MR) is 70.0 cm³/mol. The van der Waals surface area contributed by atoms with Crippen molar-refractivity contribution in [2.24, 2.45) is 0 Å². The van der Waals surface area contributed by atoms with Gasteiger partial charge in [0.25, 0.3) is 0 Å². The molecule has 0 saturated carbocycles. The predicted octanol–water partition coefficient (Wildman–Crippen LogP) is 2.65. The highest BCUT2D eigenvalue weighted by Gasteiger charge is 2.15. The number of anilines is 1. The van der Waals surface area contributed by atoms with E-state index in [1.54, 1.807) is 6.08 Å². The highest BCUT2D eigenvalue weighted by atomic mass is 35.5. The Morgan fingerprint density at radius 3 is 3.06 bits per heavy atom. The van der Waals surface area contributed by atoms with Gasteiger partial charge in [0.2, 0.25) is 5.82 Å². The normalized spacial score (nSPS) is 10.1. The number of aromatic nitrogens is 1. The van der Waals surface area contributed by atoms with Crippen LogP contribution in [0.25, 0.3) is 0 Å². The lowest BCUT2D eigenvalue weighted by molar-refractivity contribution is -0.384. The Morgan fingerprint density at radius 1 is 1.61 bits per heavy atom. The zero-order chi connectivity index (χ0) is 13.4. The average Bonchev–Trinajstić information content (AvgIpc) is 2.35. The number of pyridine rings is 1. The SMILES string of the molecule is C=CCCOCCNc1ncc(Cl)cc1[N+](=O)[O-]. The van der Waals surface area contributed by atoms with Crippen LogP contribution < -0.4 is 5.32 Å². The second-order valence-electron chi connectivity index (χ2n) is 3.39. The van der Waals surface area contributed by atoms with Gasteiger partial charge in [-0.1, -0.05) is 17.7 Å². The van der Waals surface area contributed by atoms with E-state index in [0.717, 1.165) is 6.42 Å². The monoisotopic (exact) mass is 271 g/mol. The van der Waals surface area contributed by atoms with Gasteiger partial charge in [-0.25, -0.2) is 4.98 Å². The molecule has 18 heavy (non-hydrogen) atoms. The van der Waals surface area contributed by atoms with Gasteiger partial charge >= 0.3 is 5.69 Å². The van der Waals surface area contributed by atoms with Crippen LogP contribution in [0.15, 0.2) is 24.9 Å². The number of nitrogens with one attached hydrogen (secondary N) is 1. The van der Waals surface area contributed by atoms with Crippen molar-refractivity contribution >= 4 is 23.1 Å². The molecule has 0 aromatic carbocycles. The van der Waals surface area contributed by atoms with Crippen LogP contribution in [0.3, 0.4) is 0 Å². The summed E-state index contributed by atoms with van der Waals surface area (Å²) in [5, 5.41) is 13.8. The van der Waals surface area contributed by atoms with E-state index in [1.807, 2.05) is 0 Å².